The summed E-state index contributed by atoms with van der Waals surface area (Å²) in [6, 6.07) is 5.12. The molecule has 2 aromatic rings. The van der Waals surface area contributed by atoms with Gasteiger partial charge in [0.05, 0.1) is 4.92 Å². The van der Waals surface area contributed by atoms with Gasteiger partial charge in [0.2, 0.25) is 5.91 Å². The number of nitro benzene ring substituents is 1. The van der Waals surface area contributed by atoms with Crippen molar-refractivity contribution in [3.8, 4) is 11.3 Å². The van der Waals surface area contributed by atoms with Gasteiger partial charge in [0.25, 0.3) is 5.69 Å². The first-order chi connectivity index (χ1) is 9.90. The van der Waals surface area contributed by atoms with E-state index in [0.29, 0.717) is 5.56 Å². The van der Waals surface area contributed by atoms with E-state index in [9.17, 15) is 19.7 Å². The van der Waals surface area contributed by atoms with Gasteiger partial charge in [-0.15, -0.1) is 5.10 Å². The minimum absolute atomic E-state index is 0.0520. The molecule has 2 rings (SSSR count). The van der Waals surface area contributed by atoms with Crippen molar-refractivity contribution < 1.29 is 19.6 Å². The van der Waals surface area contributed by atoms with Crippen LogP contribution in [0.3, 0.4) is 0 Å². The second-order valence-electron chi connectivity index (χ2n) is 4.02. The van der Waals surface area contributed by atoms with Crippen LogP contribution in [0.15, 0.2) is 24.3 Å². The van der Waals surface area contributed by atoms with E-state index >= 15 is 0 Å². The van der Waals surface area contributed by atoms with Crippen LogP contribution in [0.25, 0.3) is 11.3 Å². The number of carbonyl (C=O) groups is 2. The molecule has 0 radical (unpaired) electrons. The molecular weight excluding hydrogens is 282 g/mol. The molecule has 3 N–H and O–H groups in total. The van der Waals surface area contributed by atoms with Crippen LogP contribution in [0.1, 0.15) is 10.5 Å². The highest BCUT2D eigenvalue weighted by Crippen LogP contribution is 2.24. The predicted octanol–water partition coefficient (Wildman–Crippen LogP) is 0.0368. The molecule has 0 saturated carbocycles. The minimum Gasteiger partial charge on any atom is -0.476 e. The molecule has 1 heterocycles. The molecule has 0 aliphatic heterocycles. The number of nitrogens with two attached hydrogens (primary N) is 1. The number of carboxylic acids is 1. The van der Waals surface area contributed by atoms with E-state index in [1.54, 1.807) is 0 Å². The number of aromatic nitrogens is 3. The Morgan fingerprint density at radius 3 is 2.43 bits per heavy atom. The van der Waals surface area contributed by atoms with E-state index in [0.717, 1.165) is 4.68 Å². The number of amides is 1. The first kappa shape index (κ1) is 14.1. The lowest BCUT2D eigenvalue weighted by atomic mass is 10.1. The molecule has 10 nitrogen and oxygen atoms in total. The Balaban J connectivity index is 2.54. The lowest BCUT2D eigenvalue weighted by Gasteiger charge is -2.05. The number of benzene rings is 1. The molecule has 10 heteroatoms. The zero-order valence-electron chi connectivity index (χ0n) is 10.5. The van der Waals surface area contributed by atoms with Crippen LogP contribution in [0.4, 0.5) is 5.69 Å². The monoisotopic (exact) mass is 291 g/mol. The van der Waals surface area contributed by atoms with Crippen LogP contribution in [0.2, 0.25) is 0 Å². The van der Waals surface area contributed by atoms with Crippen molar-refractivity contribution in [1.82, 2.24) is 15.0 Å². The second kappa shape index (κ2) is 5.36. The summed E-state index contributed by atoms with van der Waals surface area (Å²) in [4.78, 5) is 32.1. The van der Waals surface area contributed by atoms with Crippen LogP contribution < -0.4 is 5.73 Å². The molecule has 0 aliphatic carbocycles. The normalized spacial score (nSPS) is 10.3. The fourth-order valence-electron chi connectivity index (χ4n) is 1.74. The van der Waals surface area contributed by atoms with Crippen molar-refractivity contribution in [2.24, 2.45) is 5.73 Å². The summed E-state index contributed by atoms with van der Waals surface area (Å²) in [7, 11) is 0. The highest BCUT2D eigenvalue weighted by atomic mass is 16.6. The molecule has 0 aliphatic rings. The maximum atomic E-state index is 11.1. The first-order valence-electron chi connectivity index (χ1n) is 5.60. The highest BCUT2D eigenvalue weighted by molar-refractivity contribution is 5.93. The maximum Gasteiger partial charge on any atom is 0.358 e. The average molecular weight is 291 g/mol. The van der Waals surface area contributed by atoms with Gasteiger partial charge in [-0.3, -0.25) is 14.9 Å². The molecule has 0 bridgehead atoms. The van der Waals surface area contributed by atoms with Crippen LogP contribution in [-0.2, 0) is 11.3 Å². The van der Waals surface area contributed by atoms with E-state index in [4.69, 9.17) is 10.8 Å². The third-order valence-corrected chi connectivity index (χ3v) is 2.59. The Hall–Kier alpha value is -3.30. The van der Waals surface area contributed by atoms with E-state index in [2.05, 4.69) is 10.3 Å². The Bertz CT molecular complexity index is 721. The molecule has 1 aromatic heterocycles. The zero-order valence-corrected chi connectivity index (χ0v) is 10.5. The molecule has 0 spiro atoms. The Morgan fingerprint density at radius 1 is 1.33 bits per heavy atom. The van der Waals surface area contributed by atoms with Gasteiger partial charge in [-0.05, 0) is 12.1 Å². The summed E-state index contributed by atoms with van der Waals surface area (Å²) in [5, 5.41) is 26.7. The van der Waals surface area contributed by atoms with E-state index < -0.39 is 16.8 Å². The van der Waals surface area contributed by atoms with Crippen molar-refractivity contribution >= 4 is 17.6 Å². The number of carboxylic acid groups (broad SMARTS) is 1. The smallest absolute Gasteiger partial charge is 0.358 e. The topological polar surface area (TPSA) is 154 Å². The van der Waals surface area contributed by atoms with Gasteiger partial charge in [0.1, 0.15) is 12.2 Å². The molecule has 0 saturated heterocycles. The SMILES string of the molecule is NC(=O)Cn1nnc(C(=O)O)c1-c1ccc([N+](=O)[O-])cc1. The number of hydrogen-bond donors (Lipinski definition) is 2. The molecule has 21 heavy (non-hydrogen) atoms. The Kier molecular flexibility index (Phi) is 3.61. The number of nitrogens with zero attached hydrogens (tertiary/aromatic N) is 4. The molecule has 1 aromatic carbocycles. The van der Waals surface area contributed by atoms with Gasteiger partial charge >= 0.3 is 5.97 Å². The molecule has 0 atom stereocenters. The van der Waals surface area contributed by atoms with E-state index in [1.807, 2.05) is 0 Å². The maximum absolute atomic E-state index is 11.1. The second-order valence-corrected chi connectivity index (χ2v) is 4.02. The lowest BCUT2D eigenvalue weighted by Crippen LogP contribution is -2.20. The molecule has 1 amide bonds. The standard InChI is InChI=1S/C11H9N5O5/c12-8(17)5-15-10(9(11(18)19)13-14-15)6-1-3-7(4-2-6)16(20)21/h1-4H,5H2,(H2,12,17)(H,18,19). The number of non-ortho nitro benzene ring substituents is 1. The third-order valence-electron chi connectivity index (χ3n) is 2.59. The summed E-state index contributed by atoms with van der Waals surface area (Å²) in [6.07, 6.45) is 0. The van der Waals surface area contributed by atoms with Gasteiger partial charge < -0.3 is 10.8 Å². The average Bonchev–Trinajstić information content (AvgIpc) is 2.81. The molecular formula is C11H9N5O5. The summed E-state index contributed by atoms with van der Waals surface area (Å²) < 4.78 is 1.03. The number of carbonyl (C=O) groups excluding carboxylic acids is 1. The van der Waals surface area contributed by atoms with E-state index in [1.165, 1.54) is 24.3 Å². The van der Waals surface area contributed by atoms with Crippen LogP contribution >= 0.6 is 0 Å². The van der Waals surface area contributed by atoms with Crippen LogP contribution in [-0.4, -0.2) is 36.9 Å². The third kappa shape index (κ3) is 2.83. The van der Waals surface area contributed by atoms with Crippen molar-refractivity contribution in [2.75, 3.05) is 0 Å². The fraction of sp³-hybridized carbons (Fsp3) is 0.0909. The fourth-order valence-corrected chi connectivity index (χ4v) is 1.74. The zero-order chi connectivity index (χ0) is 15.6. The summed E-state index contributed by atoms with van der Waals surface area (Å²) in [5.41, 5.74) is 4.91. The Labute approximate surface area is 116 Å². The largest absolute Gasteiger partial charge is 0.476 e. The van der Waals surface area contributed by atoms with Gasteiger partial charge in [0.15, 0.2) is 5.69 Å². The summed E-state index contributed by atoms with van der Waals surface area (Å²) in [5.74, 6) is -2.06. The lowest BCUT2D eigenvalue weighted by molar-refractivity contribution is -0.384. The van der Waals surface area contributed by atoms with Crippen molar-refractivity contribution in [1.29, 1.82) is 0 Å². The number of aromatic carboxylic acids is 1. The summed E-state index contributed by atoms with van der Waals surface area (Å²) >= 11 is 0. The van der Waals surface area contributed by atoms with Gasteiger partial charge in [-0.25, -0.2) is 9.48 Å². The number of rotatable bonds is 5. The van der Waals surface area contributed by atoms with Gasteiger partial charge in [-0.2, -0.15) is 0 Å². The van der Waals surface area contributed by atoms with Crippen molar-refractivity contribution in [3.05, 3.63) is 40.1 Å². The predicted molar refractivity (Wildman–Crippen MR) is 68.3 cm³/mol. The van der Waals surface area contributed by atoms with Crippen molar-refractivity contribution in [3.63, 3.8) is 0 Å². The van der Waals surface area contributed by atoms with Crippen LogP contribution in [0.5, 0.6) is 0 Å². The highest BCUT2D eigenvalue weighted by Gasteiger charge is 2.21. The molecule has 108 valence electrons. The van der Waals surface area contributed by atoms with Crippen LogP contribution in [0, 0.1) is 10.1 Å². The quantitative estimate of drug-likeness (QED) is 0.581. The minimum atomic E-state index is -1.33. The van der Waals surface area contributed by atoms with Gasteiger partial charge in [0, 0.05) is 17.7 Å². The first-order valence-corrected chi connectivity index (χ1v) is 5.60. The molecule has 0 fully saturated rings. The molecule has 0 unspecified atom stereocenters. The number of hydrogen-bond acceptors (Lipinski definition) is 6. The van der Waals surface area contributed by atoms with E-state index in [-0.39, 0.29) is 23.6 Å². The van der Waals surface area contributed by atoms with Crippen molar-refractivity contribution in [2.45, 2.75) is 6.54 Å². The Morgan fingerprint density at radius 2 is 1.95 bits per heavy atom. The summed E-state index contributed by atoms with van der Waals surface area (Å²) in [6.45, 7) is -0.355. The van der Waals surface area contributed by atoms with Gasteiger partial charge in [-0.1, -0.05) is 5.21 Å². The number of nitro groups is 1. The number of primary amides is 1.